The Morgan fingerprint density at radius 1 is 1.43 bits per heavy atom. The van der Waals surface area contributed by atoms with E-state index in [4.69, 9.17) is 0 Å². The van der Waals surface area contributed by atoms with E-state index in [1.807, 2.05) is 33.8 Å². The van der Waals surface area contributed by atoms with E-state index in [1.54, 1.807) is 7.05 Å². The number of nitrogens with zero attached hydrogens (tertiary/aromatic N) is 2. The van der Waals surface area contributed by atoms with Gasteiger partial charge in [0.25, 0.3) is 10.0 Å². The van der Waals surface area contributed by atoms with Crippen molar-refractivity contribution in [2.45, 2.75) is 32.6 Å². The topological polar surface area (TPSA) is 81.1 Å². The van der Waals surface area contributed by atoms with Crippen LogP contribution in [0.3, 0.4) is 0 Å². The fourth-order valence-corrected chi connectivity index (χ4v) is 3.63. The van der Waals surface area contributed by atoms with Gasteiger partial charge in [0.05, 0.1) is 12.1 Å². The Labute approximate surface area is 125 Å². The van der Waals surface area contributed by atoms with Gasteiger partial charge in [0.2, 0.25) is 5.91 Å². The van der Waals surface area contributed by atoms with Crippen LogP contribution in [0.15, 0.2) is 28.9 Å². The highest BCUT2D eigenvalue weighted by Gasteiger charge is 2.60. The fourth-order valence-electron chi connectivity index (χ4n) is 2.64. The molecule has 1 amide bonds. The van der Waals surface area contributed by atoms with Gasteiger partial charge in [-0.1, -0.05) is 25.5 Å². The van der Waals surface area contributed by atoms with Crippen molar-refractivity contribution in [2.75, 3.05) is 0 Å². The maximum absolute atomic E-state index is 12.3. The molecule has 0 radical (unpaired) electrons. The van der Waals surface area contributed by atoms with Crippen molar-refractivity contribution in [3.63, 3.8) is 0 Å². The molecule has 0 aromatic carbocycles. The Kier molecular flexibility index (Phi) is 3.73. The smallest absolute Gasteiger partial charge is 0.267 e. The molecule has 1 aliphatic carbocycles. The van der Waals surface area contributed by atoms with Gasteiger partial charge in [-0.25, -0.2) is 13.1 Å². The highest BCUT2D eigenvalue weighted by molar-refractivity contribution is 7.90. The Bertz CT molecular complexity index is 697. The molecule has 0 unspecified atom stereocenters. The van der Waals surface area contributed by atoms with Crippen LogP contribution in [-0.4, -0.2) is 24.1 Å². The van der Waals surface area contributed by atoms with Gasteiger partial charge in [-0.3, -0.25) is 9.48 Å². The number of allylic oxidation sites excluding steroid dienone is 2. The van der Waals surface area contributed by atoms with E-state index in [9.17, 15) is 13.2 Å². The zero-order chi connectivity index (χ0) is 16.0. The number of sulfonamides is 1. The van der Waals surface area contributed by atoms with Crippen molar-refractivity contribution in [1.82, 2.24) is 14.5 Å². The van der Waals surface area contributed by atoms with E-state index in [2.05, 4.69) is 9.82 Å². The molecule has 1 aliphatic rings. The Morgan fingerprint density at radius 2 is 2.05 bits per heavy atom. The van der Waals surface area contributed by atoms with Crippen molar-refractivity contribution in [1.29, 1.82) is 0 Å². The average molecular weight is 311 g/mol. The molecule has 0 saturated heterocycles. The summed E-state index contributed by atoms with van der Waals surface area (Å²) in [5.41, 5.74) is 0.907. The van der Waals surface area contributed by atoms with Gasteiger partial charge < -0.3 is 0 Å². The standard InChI is InChI=1S/C14H21N3O3S/c1-9(2)6-11-12(14(11,3)4)13(18)16-21(19,20)10-7-15-17(5)8-10/h6-8,11-12H,1-5H3,(H,16,18)/t11-,12-/m0/s1. The second-order valence-corrected chi connectivity index (χ2v) is 8.07. The Morgan fingerprint density at radius 3 is 2.52 bits per heavy atom. The zero-order valence-corrected chi connectivity index (χ0v) is 13.7. The van der Waals surface area contributed by atoms with E-state index in [1.165, 1.54) is 17.1 Å². The van der Waals surface area contributed by atoms with Crippen LogP contribution in [0.4, 0.5) is 0 Å². The summed E-state index contributed by atoms with van der Waals surface area (Å²) in [4.78, 5) is 12.3. The molecule has 116 valence electrons. The van der Waals surface area contributed by atoms with Crippen molar-refractivity contribution >= 4 is 15.9 Å². The van der Waals surface area contributed by atoms with Crippen LogP contribution in [0, 0.1) is 17.3 Å². The molecule has 0 spiro atoms. The summed E-state index contributed by atoms with van der Waals surface area (Å²) in [6.45, 7) is 7.88. The number of carbonyl (C=O) groups excluding carboxylic acids is 1. The lowest BCUT2D eigenvalue weighted by molar-refractivity contribution is -0.121. The predicted molar refractivity (Wildman–Crippen MR) is 78.7 cm³/mol. The van der Waals surface area contributed by atoms with E-state index < -0.39 is 15.9 Å². The lowest BCUT2D eigenvalue weighted by Crippen LogP contribution is -2.32. The molecule has 2 atom stereocenters. The first-order chi connectivity index (χ1) is 9.55. The molecule has 0 bridgehead atoms. The largest absolute Gasteiger partial charge is 0.274 e. The summed E-state index contributed by atoms with van der Waals surface area (Å²) in [7, 11) is -2.23. The molecule has 21 heavy (non-hydrogen) atoms. The monoisotopic (exact) mass is 311 g/mol. The molecule has 1 N–H and O–H groups in total. The first kappa shape index (κ1) is 15.8. The summed E-state index contributed by atoms with van der Waals surface area (Å²) < 4.78 is 27.8. The molecule has 6 nitrogen and oxygen atoms in total. The van der Waals surface area contributed by atoms with Crippen molar-refractivity contribution in [3.8, 4) is 0 Å². The van der Waals surface area contributed by atoms with Gasteiger partial charge in [-0.05, 0) is 25.2 Å². The quantitative estimate of drug-likeness (QED) is 0.854. The highest BCUT2D eigenvalue weighted by atomic mass is 32.2. The minimum atomic E-state index is -3.85. The van der Waals surface area contributed by atoms with E-state index >= 15 is 0 Å². The number of rotatable bonds is 4. The van der Waals surface area contributed by atoms with E-state index in [0.29, 0.717) is 0 Å². The molecule has 7 heteroatoms. The lowest BCUT2D eigenvalue weighted by Gasteiger charge is -2.05. The molecule has 1 saturated carbocycles. The predicted octanol–water partition coefficient (Wildman–Crippen LogP) is 1.46. The summed E-state index contributed by atoms with van der Waals surface area (Å²) in [6.07, 6.45) is 4.61. The van der Waals surface area contributed by atoms with Gasteiger partial charge >= 0.3 is 0 Å². The molecular formula is C14H21N3O3S. The summed E-state index contributed by atoms with van der Waals surface area (Å²) in [5.74, 6) is -0.697. The number of amides is 1. The number of aryl methyl sites for hydroxylation is 1. The highest BCUT2D eigenvalue weighted by Crippen LogP contribution is 2.59. The normalized spacial score (nSPS) is 23.5. The molecule has 2 rings (SSSR count). The third kappa shape index (κ3) is 3.02. The van der Waals surface area contributed by atoms with Crippen LogP contribution in [-0.2, 0) is 21.9 Å². The third-order valence-electron chi connectivity index (χ3n) is 3.93. The second kappa shape index (κ2) is 4.98. The summed E-state index contributed by atoms with van der Waals surface area (Å²) >= 11 is 0. The van der Waals surface area contributed by atoms with Crippen LogP contribution >= 0.6 is 0 Å². The molecule has 1 fully saturated rings. The SMILES string of the molecule is CC(C)=C[C@H]1[C@@H](C(=O)NS(=O)(=O)c2cnn(C)c2)C1(C)C. The molecule has 1 aromatic rings. The number of nitrogens with one attached hydrogen (secondary N) is 1. The molecule has 0 aliphatic heterocycles. The number of carbonyl (C=O) groups is 1. The molecule has 1 aromatic heterocycles. The Hall–Kier alpha value is -1.63. The maximum atomic E-state index is 12.3. The van der Waals surface area contributed by atoms with E-state index in [-0.39, 0.29) is 22.1 Å². The average Bonchev–Trinajstić information content (AvgIpc) is 2.69. The minimum Gasteiger partial charge on any atom is -0.274 e. The van der Waals surface area contributed by atoms with Crippen LogP contribution in [0.25, 0.3) is 0 Å². The Balaban J connectivity index is 2.14. The molecular weight excluding hydrogens is 290 g/mol. The van der Waals surface area contributed by atoms with Crippen molar-refractivity contribution in [3.05, 3.63) is 24.0 Å². The summed E-state index contributed by atoms with van der Waals surface area (Å²) in [5, 5.41) is 3.81. The van der Waals surface area contributed by atoms with Gasteiger partial charge in [0.1, 0.15) is 4.90 Å². The van der Waals surface area contributed by atoms with Gasteiger partial charge in [-0.15, -0.1) is 0 Å². The van der Waals surface area contributed by atoms with E-state index in [0.717, 1.165) is 5.57 Å². The lowest BCUT2D eigenvalue weighted by atomic mass is 10.1. The number of hydrogen-bond acceptors (Lipinski definition) is 4. The number of hydrogen-bond donors (Lipinski definition) is 1. The first-order valence-electron chi connectivity index (χ1n) is 6.76. The van der Waals surface area contributed by atoms with Crippen LogP contribution in [0.5, 0.6) is 0 Å². The van der Waals surface area contributed by atoms with Gasteiger partial charge in [0.15, 0.2) is 0 Å². The maximum Gasteiger partial charge on any atom is 0.267 e. The van der Waals surface area contributed by atoms with Crippen molar-refractivity contribution in [2.24, 2.45) is 24.3 Å². The minimum absolute atomic E-state index is 0.00410. The second-order valence-electron chi connectivity index (χ2n) is 6.39. The van der Waals surface area contributed by atoms with Gasteiger partial charge in [-0.2, -0.15) is 5.10 Å². The fraction of sp³-hybridized carbons (Fsp3) is 0.571. The van der Waals surface area contributed by atoms with Gasteiger partial charge in [0, 0.05) is 13.2 Å². The van der Waals surface area contributed by atoms with Crippen molar-refractivity contribution < 1.29 is 13.2 Å². The summed E-state index contributed by atoms with van der Waals surface area (Å²) in [6, 6.07) is 0. The van der Waals surface area contributed by atoms with Crippen LogP contribution in [0.1, 0.15) is 27.7 Å². The third-order valence-corrected chi connectivity index (χ3v) is 5.23. The zero-order valence-electron chi connectivity index (χ0n) is 12.9. The molecule has 1 heterocycles. The van der Waals surface area contributed by atoms with Crippen LogP contribution in [0.2, 0.25) is 0 Å². The first-order valence-corrected chi connectivity index (χ1v) is 8.24. The number of aromatic nitrogens is 2. The van der Waals surface area contributed by atoms with Crippen LogP contribution < -0.4 is 4.72 Å².